The van der Waals surface area contributed by atoms with Crippen molar-refractivity contribution in [3.63, 3.8) is 0 Å². The van der Waals surface area contributed by atoms with Crippen molar-refractivity contribution in [1.29, 1.82) is 0 Å². The van der Waals surface area contributed by atoms with E-state index in [1.54, 1.807) is 11.8 Å². The summed E-state index contributed by atoms with van der Waals surface area (Å²) in [4.78, 5) is 61.3. The third-order valence-electron chi connectivity index (χ3n) is 11.9. The van der Waals surface area contributed by atoms with Crippen LogP contribution < -0.4 is 5.32 Å². The molecular formula is C42H54N8O4. The van der Waals surface area contributed by atoms with Gasteiger partial charge in [-0.15, -0.1) is 0 Å². The summed E-state index contributed by atoms with van der Waals surface area (Å²) < 4.78 is 4.66. The molecule has 12 nitrogen and oxygen atoms in total. The maximum Gasteiger partial charge on any atom is 0.407 e. The standard InChI is InChI=1S/C42H54N8O4/c1-5-48(6-2)33-21-19-32(20-22-33)41(52)50-24-8-10-37(50)39-44-26-35(47-39)31-17-13-29(14-18-31)28-11-15-30(16-12-28)34-25-43-38(46-34)36-9-7-23-49(36)40(51)27(3)45-42(53)54-4/h11-18,25-27,32-33,36-37H,5-10,19-24H2,1-4H3,(H,43,46)(H,44,47)(H,45,53)/t27-,32-,33+,36-,37-/m0/s1. The number of benzene rings is 2. The van der Waals surface area contributed by atoms with E-state index in [9.17, 15) is 14.4 Å². The van der Waals surface area contributed by atoms with Gasteiger partial charge in [0.15, 0.2) is 0 Å². The number of nitrogens with zero attached hydrogens (tertiary/aromatic N) is 5. The zero-order valence-corrected chi connectivity index (χ0v) is 32.0. The van der Waals surface area contributed by atoms with E-state index in [2.05, 4.69) is 97.2 Å². The predicted molar refractivity (Wildman–Crippen MR) is 208 cm³/mol. The van der Waals surface area contributed by atoms with E-state index >= 15 is 0 Å². The van der Waals surface area contributed by atoms with Crippen LogP contribution in [0.4, 0.5) is 4.79 Å². The van der Waals surface area contributed by atoms with Gasteiger partial charge in [-0.1, -0.05) is 62.4 Å². The van der Waals surface area contributed by atoms with Crippen LogP contribution in [0.5, 0.6) is 0 Å². The van der Waals surface area contributed by atoms with Crippen molar-refractivity contribution in [2.45, 2.75) is 96.3 Å². The second kappa shape index (κ2) is 16.6. The molecule has 3 amide bonds. The molecule has 12 heteroatoms. The van der Waals surface area contributed by atoms with Crippen molar-refractivity contribution in [2.75, 3.05) is 33.3 Å². The fourth-order valence-corrected chi connectivity index (χ4v) is 8.83. The largest absolute Gasteiger partial charge is 0.453 e. The van der Waals surface area contributed by atoms with Crippen LogP contribution >= 0.6 is 0 Å². The molecule has 2 aliphatic heterocycles. The van der Waals surface area contributed by atoms with Crippen LogP contribution in [0.15, 0.2) is 60.9 Å². The van der Waals surface area contributed by atoms with Gasteiger partial charge in [0.1, 0.15) is 17.7 Å². The Labute approximate surface area is 318 Å². The molecule has 3 atom stereocenters. The fourth-order valence-electron chi connectivity index (χ4n) is 8.83. The Morgan fingerprint density at radius 2 is 1.24 bits per heavy atom. The summed E-state index contributed by atoms with van der Waals surface area (Å²) in [5.74, 6) is 1.90. The molecule has 1 aliphatic carbocycles. The minimum Gasteiger partial charge on any atom is -0.453 e. The van der Waals surface area contributed by atoms with E-state index in [1.807, 2.05) is 12.4 Å². The number of aromatic amines is 2. The van der Waals surface area contributed by atoms with Crippen LogP contribution in [-0.4, -0.2) is 97.9 Å². The van der Waals surface area contributed by atoms with Gasteiger partial charge in [-0.3, -0.25) is 9.59 Å². The Kier molecular flexibility index (Phi) is 11.5. The highest BCUT2D eigenvalue weighted by Gasteiger charge is 2.38. The first-order valence-corrected chi connectivity index (χ1v) is 19.8. The monoisotopic (exact) mass is 734 g/mol. The van der Waals surface area contributed by atoms with Crippen LogP contribution in [0.2, 0.25) is 0 Å². The molecule has 0 radical (unpaired) electrons. The SMILES string of the molecule is CCN(CC)[C@H]1CC[C@@H](C(=O)N2CCC[C@H]2c2ncc(-c3ccc(-c4ccc(-c5cnc([C@@H]6CCCN6C(=O)[C@H](C)NC(=O)OC)[nH]5)cc4)cc3)[nH]2)CC1. The van der Waals surface area contributed by atoms with Crippen LogP contribution in [0.25, 0.3) is 33.6 Å². The molecule has 2 saturated heterocycles. The van der Waals surface area contributed by atoms with Crippen molar-refractivity contribution in [3.8, 4) is 33.6 Å². The number of carbonyl (C=O) groups excluding carboxylic acids is 3. The second-order valence-electron chi connectivity index (χ2n) is 15.0. The molecule has 54 heavy (non-hydrogen) atoms. The Bertz CT molecular complexity index is 1890. The number of hydrogen-bond acceptors (Lipinski definition) is 7. The number of H-pyrrole nitrogens is 2. The molecular weight excluding hydrogens is 681 g/mol. The lowest BCUT2D eigenvalue weighted by atomic mass is 9.84. The number of aromatic nitrogens is 4. The fraction of sp³-hybridized carbons (Fsp3) is 0.500. The number of carbonyl (C=O) groups is 3. The van der Waals surface area contributed by atoms with Gasteiger partial charge in [-0.25, -0.2) is 14.8 Å². The molecule has 4 heterocycles. The zero-order valence-electron chi connectivity index (χ0n) is 32.0. The summed E-state index contributed by atoms with van der Waals surface area (Å²) in [5.41, 5.74) is 6.10. The number of hydrogen-bond donors (Lipinski definition) is 3. The minimum atomic E-state index is -0.691. The summed E-state index contributed by atoms with van der Waals surface area (Å²) in [5, 5.41) is 2.57. The van der Waals surface area contributed by atoms with Gasteiger partial charge in [0.25, 0.3) is 0 Å². The predicted octanol–water partition coefficient (Wildman–Crippen LogP) is 7.11. The van der Waals surface area contributed by atoms with E-state index in [-0.39, 0.29) is 23.9 Å². The molecule has 4 aromatic rings. The molecule has 3 fully saturated rings. The van der Waals surface area contributed by atoms with Crippen LogP contribution in [0.1, 0.15) is 95.9 Å². The van der Waals surface area contributed by atoms with Crippen molar-refractivity contribution in [2.24, 2.45) is 5.92 Å². The lowest BCUT2D eigenvalue weighted by Gasteiger charge is -2.37. The zero-order chi connectivity index (χ0) is 37.8. The van der Waals surface area contributed by atoms with Gasteiger partial charge in [0.05, 0.1) is 43.0 Å². The average molecular weight is 735 g/mol. The highest BCUT2D eigenvalue weighted by Crippen LogP contribution is 2.37. The molecule has 2 aromatic heterocycles. The Morgan fingerprint density at radius 3 is 1.74 bits per heavy atom. The van der Waals surface area contributed by atoms with E-state index in [4.69, 9.17) is 4.98 Å². The van der Waals surface area contributed by atoms with Crippen molar-refractivity contribution >= 4 is 17.9 Å². The first-order valence-electron chi connectivity index (χ1n) is 19.8. The Balaban J connectivity index is 0.964. The normalized spacial score (nSPS) is 22.1. The molecule has 7 rings (SSSR count). The molecule has 1 saturated carbocycles. The highest BCUT2D eigenvalue weighted by molar-refractivity contribution is 5.86. The number of likely N-dealkylation sites (tertiary alicyclic amines) is 2. The number of ether oxygens (including phenoxy) is 1. The number of nitrogens with one attached hydrogen (secondary N) is 3. The summed E-state index contributed by atoms with van der Waals surface area (Å²) in [6.45, 7) is 9.70. The van der Waals surface area contributed by atoms with Crippen molar-refractivity contribution < 1.29 is 19.1 Å². The Hall–Kier alpha value is -4.97. The summed E-state index contributed by atoms with van der Waals surface area (Å²) in [6.07, 6.45) is 10.9. The first kappa shape index (κ1) is 37.3. The van der Waals surface area contributed by atoms with E-state index in [0.717, 1.165) is 116 Å². The maximum atomic E-state index is 13.7. The third-order valence-corrected chi connectivity index (χ3v) is 11.9. The van der Waals surface area contributed by atoms with Gasteiger partial charge < -0.3 is 34.7 Å². The van der Waals surface area contributed by atoms with Crippen molar-refractivity contribution in [1.82, 2.24) is 40.0 Å². The highest BCUT2D eigenvalue weighted by atomic mass is 16.5. The number of amides is 3. The van der Waals surface area contributed by atoms with Gasteiger partial charge in [-0.05, 0) is 93.6 Å². The Morgan fingerprint density at radius 1 is 0.759 bits per heavy atom. The van der Waals surface area contributed by atoms with Crippen LogP contribution in [0.3, 0.4) is 0 Å². The maximum absolute atomic E-state index is 13.7. The summed E-state index contributed by atoms with van der Waals surface area (Å²) in [6, 6.07) is 16.6. The van der Waals surface area contributed by atoms with E-state index in [1.165, 1.54) is 7.11 Å². The molecule has 286 valence electrons. The van der Waals surface area contributed by atoms with Gasteiger partial charge >= 0.3 is 6.09 Å². The third kappa shape index (κ3) is 7.80. The number of methoxy groups -OCH3 is 1. The second-order valence-corrected chi connectivity index (χ2v) is 15.0. The van der Waals surface area contributed by atoms with E-state index in [0.29, 0.717) is 18.5 Å². The van der Waals surface area contributed by atoms with Crippen molar-refractivity contribution in [3.05, 3.63) is 72.6 Å². The molecule has 3 N–H and O–H groups in total. The summed E-state index contributed by atoms with van der Waals surface area (Å²) in [7, 11) is 1.28. The summed E-state index contributed by atoms with van der Waals surface area (Å²) >= 11 is 0. The van der Waals surface area contributed by atoms with E-state index < -0.39 is 12.1 Å². The number of alkyl carbamates (subject to hydrolysis) is 1. The quantitative estimate of drug-likeness (QED) is 0.149. The van der Waals surface area contributed by atoms with Gasteiger partial charge in [-0.2, -0.15) is 0 Å². The lowest BCUT2D eigenvalue weighted by molar-refractivity contribution is -0.138. The molecule has 0 spiro atoms. The molecule has 0 unspecified atom stereocenters. The average Bonchev–Trinajstić information content (AvgIpc) is 4.05. The van der Waals surface area contributed by atoms with Gasteiger partial charge in [0.2, 0.25) is 11.8 Å². The molecule has 0 bridgehead atoms. The molecule has 3 aliphatic rings. The van der Waals surface area contributed by atoms with Crippen LogP contribution in [-0.2, 0) is 14.3 Å². The van der Waals surface area contributed by atoms with Crippen LogP contribution in [0, 0.1) is 5.92 Å². The first-order chi connectivity index (χ1) is 26.3. The van der Waals surface area contributed by atoms with Gasteiger partial charge in [0, 0.05) is 25.0 Å². The molecule has 2 aromatic carbocycles. The topological polar surface area (TPSA) is 140 Å². The lowest BCUT2D eigenvalue weighted by Crippen LogP contribution is -2.46. The number of imidazole rings is 2. The smallest absolute Gasteiger partial charge is 0.407 e. The number of rotatable bonds is 11. The minimum absolute atomic E-state index is 0.00844.